The molecule has 2 N–H and O–H groups in total. The van der Waals surface area contributed by atoms with E-state index in [1.807, 2.05) is 31.2 Å². The summed E-state index contributed by atoms with van der Waals surface area (Å²) in [5.41, 5.74) is 10.1. The van der Waals surface area contributed by atoms with E-state index in [9.17, 15) is 0 Å². The van der Waals surface area contributed by atoms with Crippen molar-refractivity contribution in [3.05, 3.63) is 65.9 Å². The van der Waals surface area contributed by atoms with Gasteiger partial charge in [-0.3, -0.25) is 0 Å². The van der Waals surface area contributed by atoms with Crippen molar-refractivity contribution in [2.45, 2.75) is 13.8 Å². The Morgan fingerprint density at radius 3 is 2.53 bits per heavy atom. The molecule has 0 spiro atoms. The predicted molar refractivity (Wildman–Crippen MR) is 67.3 cm³/mol. The number of aryl methyl sites for hydroxylation is 1. The van der Waals surface area contributed by atoms with Crippen LogP contribution in [-0.2, 0) is 0 Å². The first-order valence-electron chi connectivity index (χ1n) is 5.01. The first-order valence-corrected chi connectivity index (χ1v) is 5.01. The third-order valence-corrected chi connectivity index (χ3v) is 2.30. The molecular weight excluding hydrogens is 182 g/mol. The highest BCUT2D eigenvalue weighted by molar-refractivity contribution is 5.79. The number of benzene rings is 1. The van der Waals surface area contributed by atoms with Gasteiger partial charge < -0.3 is 5.73 Å². The third kappa shape index (κ3) is 2.59. The van der Waals surface area contributed by atoms with Crippen molar-refractivity contribution in [3.8, 4) is 0 Å². The van der Waals surface area contributed by atoms with Crippen molar-refractivity contribution in [3.63, 3.8) is 0 Å². The lowest BCUT2D eigenvalue weighted by molar-refractivity contribution is 1.37. The maximum Gasteiger partial charge on any atom is 0.0390 e. The Morgan fingerprint density at radius 2 is 2.00 bits per heavy atom. The molecule has 0 bridgehead atoms. The van der Waals surface area contributed by atoms with Gasteiger partial charge in [-0.05, 0) is 31.1 Å². The fourth-order valence-electron chi connectivity index (χ4n) is 1.53. The molecule has 1 heteroatoms. The van der Waals surface area contributed by atoms with Gasteiger partial charge in [0, 0.05) is 11.3 Å². The number of allylic oxidation sites excluding steroid dienone is 4. The maximum atomic E-state index is 5.96. The average Bonchev–Trinajstić information content (AvgIpc) is 2.22. The smallest absolute Gasteiger partial charge is 0.0390 e. The van der Waals surface area contributed by atoms with Crippen LogP contribution in [0.3, 0.4) is 0 Å². The van der Waals surface area contributed by atoms with Crippen LogP contribution in [0, 0.1) is 6.92 Å². The molecule has 0 saturated carbocycles. The van der Waals surface area contributed by atoms with Crippen LogP contribution in [0.25, 0.3) is 5.57 Å². The number of nitrogens with two attached hydrogens (primary N) is 1. The molecule has 1 nitrogen and oxygen atoms in total. The molecule has 0 saturated heterocycles. The molecule has 0 amide bonds. The summed E-state index contributed by atoms with van der Waals surface area (Å²) < 4.78 is 0. The summed E-state index contributed by atoms with van der Waals surface area (Å²) in [7, 11) is 0. The van der Waals surface area contributed by atoms with Crippen LogP contribution in [0.2, 0.25) is 0 Å². The summed E-state index contributed by atoms with van der Waals surface area (Å²) in [6.07, 6.45) is 5.62. The summed E-state index contributed by atoms with van der Waals surface area (Å²) in [6, 6.07) is 8.16. The summed E-state index contributed by atoms with van der Waals surface area (Å²) in [4.78, 5) is 0. The van der Waals surface area contributed by atoms with E-state index in [4.69, 9.17) is 5.73 Å². The fourth-order valence-corrected chi connectivity index (χ4v) is 1.53. The molecule has 1 aromatic carbocycles. The molecule has 0 atom stereocenters. The van der Waals surface area contributed by atoms with Crippen LogP contribution < -0.4 is 5.73 Å². The molecule has 0 unspecified atom stereocenters. The van der Waals surface area contributed by atoms with Crippen molar-refractivity contribution in [2.75, 3.05) is 0 Å². The van der Waals surface area contributed by atoms with Gasteiger partial charge in [0.2, 0.25) is 0 Å². The maximum absolute atomic E-state index is 5.96. The lowest BCUT2D eigenvalue weighted by Crippen LogP contribution is -1.99. The van der Waals surface area contributed by atoms with Crippen LogP contribution in [0.5, 0.6) is 0 Å². The van der Waals surface area contributed by atoms with Gasteiger partial charge in [-0.1, -0.05) is 43.0 Å². The largest absolute Gasteiger partial charge is 0.398 e. The first kappa shape index (κ1) is 11.3. The van der Waals surface area contributed by atoms with Gasteiger partial charge in [-0.2, -0.15) is 0 Å². The number of hydrogen-bond donors (Lipinski definition) is 1. The molecule has 1 rings (SSSR count). The summed E-state index contributed by atoms with van der Waals surface area (Å²) in [5.74, 6) is 0. The van der Waals surface area contributed by atoms with Gasteiger partial charge in [0.25, 0.3) is 0 Å². The van der Waals surface area contributed by atoms with E-state index in [1.165, 1.54) is 5.56 Å². The molecule has 1 aromatic rings. The second-order valence-electron chi connectivity index (χ2n) is 3.39. The van der Waals surface area contributed by atoms with E-state index in [0.29, 0.717) is 0 Å². The molecule has 0 aliphatic carbocycles. The highest BCUT2D eigenvalue weighted by atomic mass is 14.6. The molecule has 0 heterocycles. The quantitative estimate of drug-likeness (QED) is 0.741. The Morgan fingerprint density at radius 1 is 1.33 bits per heavy atom. The normalized spacial score (nSPS) is 12.7. The molecule has 78 valence electrons. The Labute approximate surface area is 91.6 Å². The van der Waals surface area contributed by atoms with Crippen molar-refractivity contribution >= 4 is 5.57 Å². The Balaban J connectivity index is 3.31. The van der Waals surface area contributed by atoms with Crippen molar-refractivity contribution < 1.29 is 0 Å². The third-order valence-electron chi connectivity index (χ3n) is 2.30. The van der Waals surface area contributed by atoms with E-state index < -0.39 is 0 Å². The van der Waals surface area contributed by atoms with Crippen LogP contribution in [0.15, 0.2) is 54.8 Å². The Kier molecular flexibility index (Phi) is 3.92. The lowest BCUT2D eigenvalue weighted by Gasteiger charge is -2.08. The zero-order valence-electron chi connectivity index (χ0n) is 9.33. The molecule has 0 aromatic heterocycles. The molecule has 0 radical (unpaired) electrons. The predicted octanol–water partition coefficient (Wildman–Crippen LogP) is 3.43. The van der Waals surface area contributed by atoms with E-state index in [2.05, 4.69) is 25.6 Å². The Hall–Kier alpha value is -1.76. The van der Waals surface area contributed by atoms with E-state index in [-0.39, 0.29) is 0 Å². The zero-order chi connectivity index (χ0) is 11.3. The average molecular weight is 199 g/mol. The highest BCUT2D eigenvalue weighted by Gasteiger charge is 2.03. The number of hydrogen-bond acceptors (Lipinski definition) is 1. The fraction of sp³-hybridized carbons (Fsp3) is 0.143. The zero-order valence-corrected chi connectivity index (χ0v) is 9.33. The minimum atomic E-state index is 0.752. The molecule has 0 aliphatic heterocycles. The van der Waals surface area contributed by atoms with Crippen LogP contribution >= 0.6 is 0 Å². The molecule has 0 aliphatic rings. The van der Waals surface area contributed by atoms with Crippen molar-refractivity contribution in [2.24, 2.45) is 5.73 Å². The van der Waals surface area contributed by atoms with Gasteiger partial charge in [0.1, 0.15) is 0 Å². The van der Waals surface area contributed by atoms with Gasteiger partial charge in [-0.25, -0.2) is 0 Å². The Bertz CT molecular complexity index is 411. The standard InChI is InChI=1S/C14H17N/c1-4-8-14(15)12(5-2)13-10-7-6-9-11(13)3/h4-10H,2,15H2,1,3H3/b8-4-,14-12-. The lowest BCUT2D eigenvalue weighted by atomic mass is 9.99. The second kappa shape index (κ2) is 5.20. The van der Waals surface area contributed by atoms with E-state index in [1.54, 1.807) is 6.08 Å². The van der Waals surface area contributed by atoms with Crippen LogP contribution in [-0.4, -0.2) is 0 Å². The monoisotopic (exact) mass is 199 g/mol. The topological polar surface area (TPSA) is 26.0 Å². The minimum absolute atomic E-state index is 0.752. The SMILES string of the molecule is C=C/C(=C(N)\C=C/C)c1ccccc1C. The number of rotatable bonds is 3. The van der Waals surface area contributed by atoms with Crippen molar-refractivity contribution in [1.82, 2.24) is 0 Å². The van der Waals surface area contributed by atoms with Gasteiger partial charge in [0.05, 0.1) is 0 Å². The van der Waals surface area contributed by atoms with Gasteiger partial charge >= 0.3 is 0 Å². The van der Waals surface area contributed by atoms with Gasteiger partial charge in [-0.15, -0.1) is 0 Å². The summed E-state index contributed by atoms with van der Waals surface area (Å²) in [5, 5.41) is 0. The summed E-state index contributed by atoms with van der Waals surface area (Å²) in [6.45, 7) is 7.83. The van der Waals surface area contributed by atoms with Crippen molar-refractivity contribution in [1.29, 1.82) is 0 Å². The van der Waals surface area contributed by atoms with E-state index in [0.717, 1.165) is 16.8 Å². The molecular formula is C14H17N. The minimum Gasteiger partial charge on any atom is -0.398 e. The van der Waals surface area contributed by atoms with Gasteiger partial charge in [0.15, 0.2) is 0 Å². The highest BCUT2D eigenvalue weighted by Crippen LogP contribution is 2.21. The molecule has 15 heavy (non-hydrogen) atoms. The summed E-state index contributed by atoms with van der Waals surface area (Å²) >= 11 is 0. The second-order valence-corrected chi connectivity index (χ2v) is 3.39. The van der Waals surface area contributed by atoms with Crippen LogP contribution in [0.4, 0.5) is 0 Å². The first-order chi connectivity index (χ1) is 7.20. The molecule has 0 fully saturated rings. The van der Waals surface area contributed by atoms with Crippen LogP contribution in [0.1, 0.15) is 18.1 Å². The van der Waals surface area contributed by atoms with E-state index >= 15 is 0 Å².